The third kappa shape index (κ3) is 6.79. The minimum Gasteiger partial charge on any atom is -0.0998 e. The average molecular weight is 317 g/mol. The van der Waals surface area contributed by atoms with Crippen LogP contribution in [0.1, 0.15) is 52.4 Å². The molecule has 1 aliphatic carbocycles. The minimum atomic E-state index is 0. The van der Waals surface area contributed by atoms with Crippen LogP contribution in [-0.2, 0) is 19.5 Å². The molecule has 0 radical (unpaired) electrons. The molecule has 1 aliphatic rings. The smallest absolute Gasteiger partial charge is 0 e. The predicted molar refractivity (Wildman–Crippen MR) is 73.5 cm³/mol. The Bertz CT molecular complexity index is 299. The fourth-order valence-electron chi connectivity index (χ4n) is 2.26. The molecule has 0 aliphatic heterocycles. The van der Waals surface area contributed by atoms with Gasteiger partial charge in [-0.15, -0.1) is 0 Å². The molecule has 0 N–H and O–H groups in total. The summed E-state index contributed by atoms with van der Waals surface area (Å²) in [4.78, 5) is 0. The first-order chi connectivity index (χ1) is 7.59. The fourth-order valence-corrected chi connectivity index (χ4v) is 2.26. The largest absolute Gasteiger partial charge is 0.0998 e. The van der Waals surface area contributed by atoms with E-state index in [2.05, 4.69) is 39.2 Å². The maximum Gasteiger partial charge on any atom is 0 e. The van der Waals surface area contributed by atoms with Gasteiger partial charge in [0.05, 0.1) is 0 Å². The molecular formula is C16H24Ru. The van der Waals surface area contributed by atoms with Crippen LogP contribution in [0.15, 0.2) is 47.6 Å². The Labute approximate surface area is 119 Å². The first-order valence-corrected chi connectivity index (χ1v) is 6.23. The second kappa shape index (κ2) is 8.64. The van der Waals surface area contributed by atoms with Crippen LogP contribution in [-0.4, -0.2) is 0 Å². The van der Waals surface area contributed by atoms with Gasteiger partial charge in [-0.1, -0.05) is 47.6 Å². The van der Waals surface area contributed by atoms with Gasteiger partial charge in [0.15, 0.2) is 0 Å². The third-order valence-corrected chi connectivity index (χ3v) is 2.92. The van der Waals surface area contributed by atoms with Crippen molar-refractivity contribution in [2.45, 2.75) is 52.4 Å². The average Bonchev–Trinajstić information content (AvgIpc) is 2.15. The van der Waals surface area contributed by atoms with Crippen molar-refractivity contribution < 1.29 is 19.5 Å². The van der Waals surface area contributed by atoms with E-state index in [1.54, 1.807) is 11.1 Å². The molecule has 0 saturated heterocycles. The van der Waals surface area contributed by atoms with Crippen LogP contribution < -0.4 is 0 Å². The molecule has 0 atom stereocenters. The van der Waals surface area contributed by atoms with E-state index in [0.717, 1.165) is 12.8 Å². The molecular weight excluding hydrogens is 293 g/mol. The molecule has 0 saturated carbocycles. The van der Waals surface area contributed by atoms with E-state index in [1.165, 1.54) is 36.8 Å². The van der Waals surface area contributed by atoms with Crippen LogP contribution in [0, 0.1) is 0 Å². The zero-order valence-corrected chi connectivity index (χ0v) is 12.9. The van der Waals surface area contributed by atoms with Gasteiger partial charge in [-0.25, -0.2) is 0 Å². The Morgan fingerprint density at radius 2 is 1.29 bits per heavy atom. The normalized spacial score (nSPS) is 15.9. The van der Waals surface area contributed by atoms with Gasteiger partial charge in [-0.05, 0) is 52.4 Å². The van der Waals surface area contributed by atoms with Crippen molar-refractivity contribution in [3.8, 4) is 0 Å². The van der Waals surface area contributed by atoms with E-state index >= 15 is 0 Å². The van der Waals surface area contributed by atoms with E-state index in [1.807, 2.05) is 0 Å². The fraction of sp³-hybridized carbons (Fsp3) is 0.500. The predicted octanol–water partition coefficient (Wildman–Crippen LogP) is 5.34. The van der Waals surface area contributed by atoms with Crippen LogP contribution in [0.3, 0.4) is 0 Å². The van der Waals surface area contributed by atoms with Gasteiger partial charge in [0.1, 0.15) is 0 Å². The van der Waals surface area contributed by atoms with Crippen LogP contribution in [0.4, 0.5) is 0 Å². The Hall–Kier alpha value is -0.417. The van der Waals surface area contributed by atoms with Crippen molar-refractivity contribution in [3.05, 3.63) is 47.6 Å². The van der Waals surface area contributed by atoms with Gasteiger partial charge >= 0.3 is 0 Å². The van der Waals surface area contributed by atoms with Crippen LogP contribution in [0.2, 0.25) is 0 Å². The first-order valence-electron chi connectivity index (χ1n) is 6.23. The molecule has 0 aromatic heterocycles. The molecule has 17 heavy (non-hydrogen) atoms. The zero-order valence-electron chi connectivity index (χ0n) is 11.2. The Morgan fingerprint density at radius 3 is 1.59 bits per heavy atom. The molecule has 0 nitrogen and oxygen atoms in total. The van der Waals surface area contributed by atoms with Crippen molar-refractivity contribution in [2.24, 2.45) is 0 Å². The molecule has 0 bridgehead atoms. The summed E-state index contributed by atoms with van der Waals surface area (Å²) in [6.45, 7) is 12.3. The molecule has 0 spiro atoms. The first kappa shape index (κ1) is 16.6. The Morgan fingerprint density at radius 1 is 0.941 bits per heavy atom. The van der Waals surface area contributed by atoms with Gasteiger partial charge in [-0.2, -0.15) is 0 Å². The number of hydrogen-bond donors (Lipinski definition) is 0. The topological polar surface area (TPSA) is 0 Å². The number of rotatable bonds is 4. The molecule has 1 rings (SSSR count). The van der Waals surface area contributed by atoms with Crippen LogP contribution in [0.25, 0.3) is 0 Å². The maximum atomic E-state index is 4.04. The summed E-state index contributed by atoms with van der Waals surface area (Å²) in [5.41, 5.74) is 5.78. The monoisotopic (exact) mass is 318 g/mol. The van der Waals surface area contributed by atoms with Crippen LogP contribution >= 0.6 is 0 Å². The quantitative estimate of drug-likeness (QED) is 0.485. The molecule has 0 amide bonds. The molecule has 96 valence electrons. The van der Waals surface area contributed by atoms with Gasteiger partial charge in [-0.3, -0.25) is 0 Å². The summed E-state index contributed by atoms with van der Waals surface area (Å²) in [6, 6.07) is 0. The van der Waals surface area contributed by atoms with Crippen molar-refractivity contribution in [1.82, 2.24) is 0 Å². The Balaban J connectivity index is 0.00000256. The molecule has 0 fully saturated rings. The van der Waals surface area contributed by atoms with Crippen molar-refractivity contribution in [1.29, 1.82) is 0 Å². The summed E-state index contributed by atoms with van der Waals surface area (Å²) in [5, 5.41) is 0. The van der Waals surface area contributed by atoms with Gasteiger partial charge < -0.3 is 0 Å². The van der Waals surface area contributed by atoms with E-state index in [9.17, 15) is 0 Å². The summed E-state index contributed by atoms with van der Waals surface area (Å²) < 4.78 is 0. The standard InChI is InChI=1S/C16H24.Ru/c1-13(2)11-15-9-7-5-6-8-10-16(15)12-14(3)4;/h5-6H,1,3,7-12H2,2,4H3;. The number of hydrogen-bond acceptors (Lipinski definition) is 0. The molecule has 1 heteroatoms. The zero-order chi connectivity index (χ0) is 12.0. The molecule has 0 unspecified atom stereocenters. The summed E-state index contributed by atoms with van der Waals surface area (Å²) in [5.74, 6) is 0. The molecule has 0 heterocycles. The van der Waals surface area contributed by atoms with E-state index in [4.69, 9.17) is 0 Å². The SMILES string of the molecule is C=C(C)CC1=C(CC(=C)C)CCC=CCC1.[Ru]. The van der Waals surface area contributed by atoms with Gasteiger partial charge in [0.25, 0.3) is 0 Å². The van der Waals surface area contributed by atoms with Crippen molar-refractivity contribution >= 4 is 0 Å². The maximum absolute atomic E-state index is 4.04. The Kier molecular flexibility index (Phi) is 8.43. The van der Waals surface area contributed by atoms with E-state index in [0.29, 0.717) is 0 Å². The summed E-state index contributed by atoms with van der Waals surface area (Å²) in [7, 11) is 0. The van der Waals surface area contributed by atoms with E-state index in [-0.39, 0.29) is 19.5 Å². The minimum absolute atomic E-state index is 0. The molecule has 0 aromatic rings. The number of allylic oxidation sites excluding steroid dienone is 6. The van der Waals surface area contributed by atoms with Crippen molar-refractivity contribution in [2.75, 3.05) is 0 Å². The van der Waals surface area contributed by atoms with Crippen molar-refractivity contribution in [3.63, 3.8) is 0 Å². The van der Waals surface area contributed by atoms with E-state index < -0.39 is 0 Å². The van der Waals surface area contributed by atoms with Gasteiger partial charge in [0, 0.05) is 19.5 Å². The molecule has 0 aromatic carbocycles. The second-order valence-electron chi connectivity index (χ2n) is 5.02. The summed E-state index contributed by atoms with van der Waals surface area (Å²) >= 11 is 0. The summed E-state index contributed by atoms with van der Waals surface area (Å²) in [6.07, 6.45) is 11.6. The van der Waals surface area contributed by atoms with Crippen LogP contribution in [0.5, 0.6) is 0 Å². The third-order valence-electron chi connectivity index (χ3n) is 2.92. The van der Waals surface area contributed by atoms with Gasteiger partial charge in [0.2, 0.25) is 0 Å². The second-order valence-corrected chi connectivity index (χ2v) is 5.02.